The SMILES string of the molecule is CCCn1c(C(=O)CC)cc2ccccc21. The van der Waals surface area contributed by atoms with Crippen molar-refractivity contribution in [1.29, 1.82) is 0 Å². The molecule has 0 spiro atoms. The Morgan fingerprint density at radius 3 is 2.69 bits per heavy atom. The molecule has 0 saturated heterocycles. The van der Waals surface area contributed by atoms with Crippen LogP contribution in [0.5, 0.6) is 0 Å². The third kappa shape index (κ3) is 1.75. The number of fused-ring (bicyclic) bond motifs is 1. The zero-order chi connectivity index (χ0) is 11.5. The molecule has 16 heavy (non-hydrogen) atoms. The number of aromatic nitrogens is 1. The van der Waals surface area contributed by atoms with E-state index in [2.05, 4.69) is 23.6 Å². The average molecular weight is 215 g/mol. The van der Waals surface area contributed by atoms with Gasteiger partial charge >= 0.3 is 0 Å². The monoisotopic (exact) mass is 215 g/mol. The Kier molecular flexibility index (Phi) is 3.09. The fraction of sp³-hybridized carbons (Fsp3) is 0.357. The number of para-hydroxylation sites is 1. The van der Waals surface area contributed by atoms with Crippen molar-refractivity contribution >= 4 is 16.7 Å². The second-order valence-electron chi connectivity index (χ2n) is 4.02. The minimum absolute atomic E-state index is 0.227. The van der Waals surface area contributed by atoms with Gasteiger partial charge < -0.3 is 4.57 Å². The molecule has 0 amide bonds. The number of nitrogens with zero attached hydrogens (tertiary/aromatic N) is 1. The van der Waals surface area contributed by atoms with Crippen molar-refractivity contribution in [2.45, 2.75) is 33.2 Å². The number of Topliss-reactive ketones (excluding diaryl/α,β-unsaturated/α-hetero) is 1. The number of aryl methyl sites for hydroxylation is 1. The van der Waals surface area contributed by atoms with Crippen LogP contribution in [0.2, 0.25) is 0 Å². The van der Waals surface area contributed by atoms with E-state index in [1.165, 1.54) is 5.52 Å². The summed E-state index contributed by atoms with van der Waals surface area (Å²) in [7, 11) is 0. The Labute approximate surface area is 95.9 Å². The summed E-state index contributed by atoms with van der Waals surface area (Å²) in [5.41, 5.74) is 2.02. The van der Waals surface area contributed by atoms with Gasteiger partial charge in [-0.05, 0) is 18.6 Å². The maximum absolute atomic E-state index is 11.9. The summed E-state index contributed by atoms with van der Waals surface area (Å²) in [6, 6.07) is 10.2. The highest BCUT2D eigenvalue weighted by molar-refractivity contribution is 5.99. The number of carbonyl (C=O) groups excluding carboxylic acids is 1. The van der Waals surface area contributed by atoms with Crippen molar-refractivity contribution in [3.8, 4) is 0 Å². The smallest absolute Gasteiger partial charge is 0.178 e. The van der Waals surface area contributed by atoms with E-state index >= 15 is 0 Å². The molecule has 2 rings (SSSR count). The van der Waals surface area contributed by atoms with Crippen LogP contribution in [0.3, 0.4) is 0 Å². The molecule has 0 atom stereocenters. The van der Waals surface area contributed by atoms with Crippen molar-refractivity contribution < 1.29 is 4.79 Å². The lowest BCUT2D eigenvalue weighted by Crippen LogP contribution is -2.07. The quantitative estimate of drug-likeness (QED) is 0.714. The molecular weight excluding hydrogens is 198 g/mol. The fourth-order valence-electron chi connectivity index (χ4n) is 2.09. The first-order valence-electron chi connectivity index (χ1n) is 5.89. The van der Waals surface area contributed by atoms with Crippen LogP contribution >= 0.6 is 0 Å². The molecule has 1 heterocycles. The number of hydrogen-bond acceptors (Lipinski definition) is 1. The Bertz CT molecular complexity index is 510. The second kappa shape index (κ2) is 4.52. The van der Waals surface area contributed by atoms with E-state index in [1.807, 2.05) is 25.1 Å². The molecule has 0 saturated carbocycles. The Morgan fingerprint density at radius 2 is 2.00 bits per heavy atom. The van der Waals surface area contributed by atoms with Crippen LogP contribution in [0, 0.1) is 0 Å². The van der Waals surface area contributed by atoms with Crippen molar-refractivity contribution in [3.63, 3.8) is 0 Å². The molecule has 2 nitrogen and oxygen atoms in total. The number of carbonyl (C=O) groups is 1. The van der Waals surface area contributed by atoms with Gasteiger partial charge in [0, 0.05) is 23.9 Å². The molecule has 0 aliphatic carbocycles. The Morgan fingerprint density at radius 1 is 1.25 bits per heavy atom. The van der Waals surface area contributed by atoms with Crippen LogP contribution in [0.15, 0.2) is 30.3 Å². The van der Waals surface area contributed by atoms with E-state index in [9.17, 15) is 4.79 Å². The first kappa shape index (κ1) is 10.9. The summed E-state index contributed by atoms with van der Waals surface area (Å²) >= 11 is 0. The maximum atomic E-state index is 11.9. The highest BCUT2D eigenvalue weighted by Crippen LogP contribution is 2.21. The molecule has 0 radical (unpaired) electrons. The molecule has 0 N–H and O–H groups in total. The standard InChI is InChI=1S/C14H17NO/c1-3-9-15-12-8-6-5-7-11(12)10-13(15)14(16)4-2/h5-8,10H,3-4,9H2,1-2H3. The second-order valence-corrected chi connectivity index (χ2v) is 4.02. The number of hydrogen-bond donors (Lipinski definition) is 0. The summed E-state index contributed by atoms with van der Waals surface area (Å²) in [6.45, 7) is 4.96. The number of rotatable bonds is 4. The predicted molar refractivity (Wildman–Crippen MR) is 66.9 cm³/mol. The highest BCUT2D eigenvalue weighted by Gasteiger charge is 2.12. The van der Waals surface area contributed by atoms with Crippen LogP contribution in [0.1, 0.15) is 37.2 Å². The molecule has 0 bridgehead atoms. The lowest BCUT2D eigenvalue weighted by Gasteiger charge is -2.07. The molecule has 0 aliphatic rings. The van der Waals surface area contributed by atoms with Crippen LogP contribution in [-0.2, 0) is 6.54 Å². The topological polar surface area (TPSA) is 22.0 Å². The van der Waals surface area contributed by atoms with Gasteiger partial charge in [0.1, 0.15) is 0 Å². The summed E-state index contributed by atoms with van der Waals surface area (Å²) in [5, 5.41) is 1.16. The molecule has 0 unspecified atom stereocenters. The van der Waals surface area contributed by atoms with Crippen molar-refractivity contribution in [2.75, 3.05) is 0 Å². The lowest BCUT2D eigenvalue weighted by molar-refractivity contribution is 0.0979. The highest BCUT2D eigenvalue weighted by atomic mass is 16.1. The van der Waals surface area contributed by atoms with Gasteiger partial charge in [-0.15, -0.1) is 0 Å². The van der Waals surface area contributed by atoms with Crippen LogP contribution < -0.4 is 0 Å². The van der Waals surface area contributed by atoms with Gasteiger partial charge in [0.2, 0.25) is 0 Å². The van der Waals surface area contributed by atoms with Crippen LogP contribution in [-0.4, -0.2) is 10.4 Å². The van der Waals surface area contributed by atoms with Gasteiger partial charge in [0.25, 0.3) is 0 Å². The third-order valence-electron chi connectivity index (χ3n) is 2.86. The Balaban J connectivity index is 2.62. The van der Waals surface area contributed by atoms with E-state index in [0.717, 1.165) is 24.0 Å². The van der Waals surface area contributed by atoms with E-state index < -0.39 is 0 Å². The minimum Gasteiger partial charge on any atom is -0.338 e. The predicted octanol–water partition coefficient (Wildman–Crippen LogP) is 3.64. The summed E-state index contributed by atoms with van der Waals surface area (Å²) in [6.07, 6.45) is 1.61. The largest absolute Gasteiger partial charge is 0.338 e. The van der Waals surface area contributed by atoms with E-state index in [4.69, 9.17) is 0 Å². The molecule has 1 aromatic heterocycles. The number of benzene rings is 1. The third-order valence-corrected chi connectivity index (χ3v) is 2.86. The van der Waals surface area contributed by atoms with Gasteiger partial charge in [-0.3, -0.25) is 4.79 Å². The first-order valence-corrected chi connectivity index (χ1v) is 5.89. The Hall–Kier alpha value is -1.57. The summed E-state index contributed by atoms with van der Waals surface area (Å²) < 4.78 is 2.14. The zero-order valence-corrected chi connectivity index (χ0v) is 9.86. The molecule has 0 aliphatic heterocycles. The molecule has 84 valence electrons. The van der Waals surface area contributed by atoms with Crippen molar-refractivity contribution in [2.24, 2.45) is 0 Å². The molecular formula is C14H17NO. The summed E-state index contributed by atoms with van der Waals surface area (Å²) in [5.74, 6) is 0.227. The normalized spacial score (nSPS) is 10.9. The van der Waals surface area contributed by atoms with Gasteiger partial charge in [0.05, 0.1) is 5.69 Å². The lowest BCUT2D eigenvalue weighted by atomic mass is 10.2. The molecule has 0 fully saturated rings. The van der Waals surface area contributed by atoms with E-state index in [-0.39, 0.29) is 5.78 Å². The fourth-order valence-corrected chi connectivity index (χ4v) is 2.09. The van der Waals surface area contributed by atoms with Crippen molar-refractivity contribution in [3.05, 3.63) is 36.0 Å². The first-order chi connectivity index (χ1) is 7.77. The van der Waals surface area contributed by atoms with Crippen molar-refractivity contribution in [1.82, 2.24) is 4.57 Å². The van der Waals surface area contributed by atoms with Gasteiger partial charge in [-0.1, -0.05) is 32.0 Å². The van der Waals surface area contributed by atoms with Crippen LogP contribution in [0.4, 0.5) is 0 Å². The van der Waals surface area contributed by atoms with Gasteiger partial charge in [0.15, 0.2) is 5.78 Å². The average Bonchev–Trinajstić information content (AvgIpc) is 2.68. The van der Waals surface area contributed by atoms with Gasteiger partial charge in [-0.25, -0.2) is 0 Å². The zero-order valence-electron chi connectivity index (χ0n) is 9.86. The van der Waals surface area contributed by atoms with Gasteiger partial charge in [-0.2, -0.15) is 0 Å². The van der Waals surface area contributed by atoms with Crippen LogP contribution in [0.25, 0.3) is 10.9 Å². The van der Waals surface area contributed by atoms with E-state index in [1.54, 1.807) is 0 Å². The summed E-state index contributed by atoms with van der Waals surface area (Å²) in [4.78, 5) is 11.9. The molecule has 2 heteroatoms. The molecule has 1 aromatic carbocycles. The maximum Gasteiger partial charge on any atom is 0.178 e. The van der Waals surface area contributed by atoms with E-state index in [0.29, 0.717) is 6.42 Å². The minimum atomic E-state index is 0.227. The molecule has 2 aromatic rings. The number of ketones is 1.